The van der Waals surface area contributed by atoms with Gasteiger partial charge in [-0.05, 0) is 31.1 Å². The zero-order valence-corrected chi connectivity index (χ0v) is 14.6. The Morgan fingerprint density at radius 1 is 1.32 bits per heavy atom. The predicted octanol–water partition coefficient (Wildman–Crippen LogP) is 3.05. The van der Waals surface area contributed by atoms with Gasteiger partial charge in [0.2, 0.25) is 0 Å². The molecule has 0 aliphatic carbocycles. The molecule has 1 aromatic carbocycles. The molecule has 25 heavy (non-hydrogen) atoms. The molecule has 132 valence electrons. The molecule has 2 aromatic rings. The summed E-state index contributed by atoms with van der Waals surface area (Å²) in [4.78, 5) is 0. The minimum atomic E-state index is 0.158. The minimum absolute atomic E-state index is 0.158. The number of ether oxygens (including phenoxy) is 2. The summed E-state index contributed by atoms with van der Waals surface area (Å²) in [5, 5.41) is 7.97. The Labute approximate surface area is 148 Å². The van der Waals surface area contributed by atoms with Crippen molar-refractivity contribution >= 4 is 6.08 Å². The van der Waals surface area contributed by atoms with Gasteiger partial charge in [-0.25, -0.2) is 0 Å². The van der Waals surface area contributed by atoms with Crippen LogP contribution in [0.3, 0.4) is 0 Å². The van der Waals surface area contributed by atoms with Gasteiger partial charge in [-0.3, -0.25) is 4.68 Å². The van der Waals surface area contributed by atoms with E-state index in [4.69, 9.17) is 9.47 Å². The SMILES string of the molecule is CCn1cc([C@H]2OCC[C@@H]2CNCC2=Cc3ccccc3OC2)cn1. The Morgan fingerprint density at radius 2 is 2.24 bits per heavy atom. The average molecular weight is 339 g/mol. The molecule has 0 saturated carbocycles. The second-order valence-electron chi connectivity index (χ2n) is 6.73. The van der Waals surface area contributed by atoms with Crippen molar-refractivity contribution in [3.63, 3.8) is 0 Å². The van der Waals surface area contributed by atoms with Gasteiger partial charge in [0.1, 0.15) is 12.4 Å². The first-order valence-corrected chi connectivity index (χ1v) is 9.09. The zero-order valence-electron chi connectivity index (χ0n) is 14.6. The van der Waals surface area contributed by atoms with Crippen LogP contribution in [0.5, 0.6) is 5.75 Å². The van der Waals surface area contributed by atoms with Crippen LogP contribution in [0.4, 0.5) is 0 Å². The number of hydrogen-bond acceptors (Lipinski definition) is 4. The fourth-order valence-corrected chi connectivity index (χ4v) is 3.59. The zero-order chi connectivity index (χ0) is 17.1. The molecule has 1 aromatic heterocycles. The Bertz CT molecular complexity index is 753. The quantitative estimate of drug-likeness (QED) is 0.879. The summed E-state index contributed by atoms with van der Waals surface area (Å²) in [6, 6.07) is 8.18. The van der Waals surface area contributed by atoms with E-state index in [-0.39, 0.29) is 6.10 Å². The van der Waals surface area contributed by atoms with Gasteiger partial charge < -0.3 is 14.8 Å². The molecular formula is C20H25N3O2. The lowest BCUT2D eigenvalue weighted by molar-refractivity contribution is 0.0906. The van der Waals surface area contributed by atoms with Crippen LogP contribution in [0.25, 0.3) is 6.08 Å². The van der Waals surface area contributed by atoms with E-state index < -0.39 is 0 Å². The minimum Gasteiger partial charge on any atom is -0.489 e. The van der Waals surface area contributed by atoms with Gasteiger partial charge in [0.25, 0.3) is 0 Å². The summed E-state index contributed by atoms with van der Waals surface area (Å²) in [6.45, 7) is 6.28. The number of hydrogen-bond donors (Lipinski definition) is 1. The summed E-state index contributed by atoms with van der Waals surface area (Å²) >= 11 is 0. The highest BCUT2D eigenvalue weighted by Crippen LogP contribution is 2.34. The third-order valence-electron chi connectivity index (χ3n) is 4.97. The van der Waals surface area contributed by atoms with Crippen LogP contribution in [0.1, 0.15) is 30.6 Å². The summed E-state index contributed by atoms with van der Waals surface area (Å²) < 4.78 is 13.7. The normalized spacial score (nSPS) is 22.4. The first-order chi connectivity index (χ1) is 12.3. The Kier molecular flexibility index (Phi) is 4.85. The lowest BCUT2D eigenvalue weighted by Crippen LogP contribution is -2.28. The fraction of sp³-hybridized carbons (Fsp3) is 0.450. The number of para-hydroxylation sites is 1. The number of aromatic nitrogens is 2. The average Bonchev–Trinajstić information content (AvgIpc) is 3.30. The molecule has 0 amide bonds. The molecule has 0 bridgehead atoms. The molecule has 5 heteroatoms. The van der Waals surface area contributed by atoms with Crippen molar-refractivity contribution < 1.29 is 9.47 Å². The monoisotopic (exact) mass is 339 g/mol. The van der Waals surface area contributed by atoms with Crippen molar-refractivity contribution in [1.29, 1.82) is 0 Å². The van der Waals surface area contributed by atoms with Crippen molar-refractivity contribution in [2.75, 3.05) is 26.3 Å². The number of fused-ring (bicyclic) bond motifs is 1. The van der Waals surface area contributed by atoms with Crippen LogP contribution in [0.2, 0.25) is 0 Å². The molecule has 5 nitrogen and oxygen atoms in total. The summed E-state index contributed by atoms with van der Waals surface area (Å²) in [6.07, 6.45) is 7.54. The highest BCUT2D eigenvalue weighted by atomic mass is 16.5. The van der Waals surface area contributed by atoms with E-state index >= 15 is 0 Å². The second kappa shape index (κ2) is 7.42. The first-order valence-electron chi connectivity index (χ1n) is 9.09. The molecule has 0 spiro atoms. The van der Waals surface area contributed by atoms with Crippen molar-refractivity contribution in [1.82, 2.24) is 15.1 Å². The highest BCUT2D eigenvalue weighted by Gasteiger charge is 2.30. The van der Waals surface area contributed by atoms with E-state index in [0.29, 0.717) is 12.5 Å². The van der Waals surface area contributed by atoms with Gasteiger partial charge in [0.15, 0.2) is 0 Å². The maximum absolute atomic E-state index is 5.97. The van der Waals surface area contributed by atoms with E-state index in [2.05, 4.69) is 35.7 Å². The van der Waals surface area contributed by atoms with Crippen LogP contribution in [-0.2, 0) is 11.3 Å². The smallest absolute Gasteiger partial charge is 0.127 e. The van der Waals surface area contributed by atoms with Crippen molar-refractivity contribution in [2.45, 2.75) is 26.0 Å². The standard InChI is InChI=1S/C20H25N3O2/c1-2-23-13-18(12-22-23)20-17(7-8-24-20)11-21-10-15-9-16-5-3-4-6-19(16)25-14-15/h3-6,9,12-13,17,20-21H,2,7-8,10-11,14H2,1H3/t17-,20+/m1/s1. The third kappa shape index (κ3) is 3.62. The lowest BCUT2D eigenvalue weighted by Gasteiger charge is -2.21. The Balaban J connectivity index is 1.33. The van der Waals surface area contributed by atoms with E-state index in [1.165, 1.54) is 16.7 Å². The largest absolute Gasteiger partial charge is 0.489 e. The van der Waals surface area contributed by atoms with Gasteiger partial charge in [0.05, 0.1) is 12.3 Å². The number of rotatable bonds is 6. The predicted molar refractivity (Wildman–Crippen MR) is 97.5 cm³/mol. The van der Waals surface area contributed by atoms with Crippen molar-refractivity contribution in [3.8, 4) is 5.75 Å². The number of nitrogens with zero attached hydrogens (tertiary/aromatic N) is 2. The highest BCUT2D eigenvalue weighted by molar-refractivity contribution is 5.62. The molecule has 2 aliphatic heterocycles. The molecule has 3 heterocycles. The Morgan fingerprint density at radius 3 is 3.12 bits per heavy atom. The molecule has 4 rings (SSSR count). The topological polar surface area (TPSA) is 48.3 Å². The maximum Gasteiger partial charge on any atom is 0.127 e. The summed E-state index contributed by atoms with van der Waals surface area (Å²) in [5.41, 5.74) is 3.65. The molecule has 1 fully saturated rings. The summed E-state index contributed by atoms with van der Waals surface area (Å²) in [5.74, 6) is 1.47. The van der Waals surface area contributed by atoms with E-state index in [0.717, 1.165) is 38.4 Å². The Hall–Kier alpha value is -2.11. The molecule has 1 N–H and O–H groups in total. The maximum atomic E-state index is 5.97. The number of benzene rings is 1. The van der Waals surface area contributed by atoms with E-state index in [9.17, 15) is 0 Å². The van der Waals surface area contributed by atoms with E-state index in [1.54, 1.807) is 0 Å². The fourth-order valence-electron chi connectivity index (χ4n) is 3.59. The van der Waals surface area contributed by atoms with Gasteiger partial charge in [-0.1, -0.05) is 18.2 Å². The van der Waals surface area contributed by atoms with Crippen molar-refractivity contribution in [3.05, 3.63) is 53.4 Å². The third-order valence-corrected chi connectivity index (χ3v) is 4.97. The van der Waals surface area contributed by atoms with Crippen molar-refractivity contribution in [2.24, 2.45) is 5.92 Å². The van der Waals surface area contributed by atoms with Gasteiger partial charge >= 0.3 is 0 Å². The number of nitrogens with one attached hydrogen (secondary N) is 1. The number of aryl methyl sites for hydroxylation is 1. The van der Waals surface area contributed by atoms with Gasteiger partial charge in [-0.2, -0.15) is 5.10 Å². The molecule has 1 saturated heterocycles. The molecule has 2 atom stereocenters. The van der Waals surface area contributed by atoms with Crippen LogP contribution in [0, 0.1) is 5.92 Å². The van der Waals surface area contributed by atoms with Crippen LogP contribution in [0.15, 0.2) is 42.2 Å². The van der Waals surface area contributed by atoms with Gasteiger partial charge in [0, 0.05) is 49.5 Å². The van der Waals surface area contributed by atoms with E-state index in [1.807, 2.05) is 29.1 Å². The van der Waals surface area contributed by atoms with Crippen LogP contribution in [-0.4, -0.2) is 36.1 Å². The molecule has 0 radical (unpaired) electrons. The lowest BCUT2D eigenvalue weighted by atomic mass is 9.97. The van der Waals surface area contributed by atoms with Gasteiger partial charge in [-0.15, -0.1) is 0 Å². The molecule has 0 unspecified atom stereocenters. The second-order valence-corrected chi connectivity index (χ2v) is 6.73. The molecule has 2 aliphatic rings. The first kappa shape index (κ1) is 16.4. The summed E-state index contributed by atoms with van der Waals surface area (Å²) in [7, 11) is 0. The van der Waals surface area contributed by atoms with Crippen LogP contribution >= 0.6 is 0 Å². The van der Waals surface area contributed by atoms with Crippen LogP contribution < -0.4 is 10.1 Å². The molecular weight excluding hydrogens is 314 g/mol.